The van der Waals surface area contributed by atoms with Gasteiger partial charge in [-0.15, -0.1) is 5.10 Å². The van der Waals surface area contributed by atoms with Crippen LogP contribution in [0.5, 0.6) is 5.75 Å². The molecule has 0 bridgehead atoms. The third-order valence-corrected chi connectivity index (χ3v) is 7.49. The minimum absolute atomic E-state index is 0.0438. The van der Waals surface area contributed by atoms with Gasteiger partial charge in [0, 0.05) is 32.2 Å². The first kappa shape index (κ1) is 23.0. The summed E-state index contributed by atoms with van der Waals surface area (Å²) in [6.45, 7) is 7.07. The maximum atomic E-state index is 5.31. The molecular weight excluding hydrogens is 424 g/mol. The van der Waals surface area contributed by atoms with Crippen LogP contribution in [0.4, 0.5) is 0 Å². The monoisotopic (exact) mass is 460 g/mol. The number of benzene rings is 2. The van der Waals surface area contributed by atoms with E-state index in [0.29, 0.717) is 6.54 Å². The summed E-state index contributed by atoms with van der Waals surface area (Å²) < 4.78 is 7.27. The first-order chi connectivity index (χ1) is 16.7. The second-order valence-corrected chi connectivity index (χ2v) is 9.72. The molecule has 2 aliphatic rings. The third-order valence-electron chi connectivity index (χ3n) is 7.49. The number of piperazine rings is 1. The molecule has 3 aromatic rings. The summed E-state index contributed by atoms with van der Waals surface area (Å²) in [5.74, 6) is 1.76. The zero-order valence-electron chi connectivity index (χ0n) is 20.4. The summed E-state index contributed by atoms with van der Waals surface area (Å²) in [5, 5.41) is 13.0. The lowest BCUT2D eigenvalue weighted by Crippen LogP contribution is -2.52. The highest BCUT2D eigenvalue weighted by atomic mass is 16.5. The molecule has 1 atom stereocenters. The molecule has 0 spiro atoms. The topological polar surface area (TPSA) is 59.3 Å². The number of tetrazole rings is 1. The van der Waals surface area contributed by atoms with Crippen molar-refractivity contribution < 1.29 is 4.74 Å². The lowest BCUT2D eigenvalue weighted by molar-refractivity contribution is 0.0620. The van der Waals surface area contributed by atoms with Crippen molar-refractivity contribution in [2.45, 2.75) is 57.7 Å². The predicted octanol–water partition coefficient (Wildman–Crippen LogP) is 4.08. The first-order valence-electron chi connectivity index (χ1n) is 12.6. The number of hydrogen-bond acceptors (Lipinski definition) is 6. The van der Waals surface area contributed by atoms with Gasteiger partial charge in [-0.1, -0.05) is 61.2 Å². The summed E-state index contributed by atoms with van der Waals surface area (Å²) in [6, 6.07) is 17.8. The maximum absolute atomic E-state index is 5.31. The Hall–Kier alpha value is -2.77. The Bertz CT molecular complexity index is 1030. The van der Waals surface area contributed by atoms with Gasteiger partial charge in [0.25, 0.3) is 0 Å². The average Bonchev–Trinajstić information content (AvgIpc) is 3.34. The Morgan fingerprint density at radius 1 is 0.912 bits per heavy atom. The van der Waals surface area contributed by atoms with Gasteiger partial charge in [0.1, 0.15) is 5.75 Å². The van der Waals surface area contributed by atoms with Crippen molar-refractivity contribution in [1.82, 2.24) is 30.0 Å². The average molecular weight is 461 g/mol. The molecule has 2 aromatic carbocycles. The zero-order valence-corrected chi connectivity index (χ0v) is 20.4. The molecule has 5 rings (SSSR count). The number of aryl methyl sites for hydroxylation is 1. The normalized spacial score (nSPS) is 19.2. The molecule has 2 heterocycles. The summed E-state index contributed by atoms with van der Waals surface area (Å²) in [5.41, 5.74) is 3.67. The fraction of sp³-hybridized carbons (Fsp3) is 0.519. The molecule has 180 valence electrons. The molecule has 2 fully saturated rings. The van der Waals surface area contributed by atoms with E-state index in [-0.39, 0.29) is 6.04 Å². The quantitative estimate of drug-likeness (QED) is 0.530. The van der Waals surface area contributed by atoms with E-state index in [9.17, 15) is 0 Å². The second kappa shape index (κ2) is 10.7. The maximum Gasteiger partial charge on any atom is 0.173 e. The van der Waals surface area contributed by atoms with Crippen molar-refractivity contribution in [2.24, 2.45) is 0 Å². The molecule has 0 unspecified atom stereocenters. The first-order valence-corrected chi connectivity index (χ1v) is 12.6. The molecule has 1 saturated carbocycles. The lowest BCUT2D eigenvalue weighted by Gasteiger charge is -2.43. The van der Waals surface area contributed by atoms with Gasteiger partial charge in [-0.3, -0.25) is 9.80 Å². The second-order valence-electron chi connectivity index (χ2n) is 9.72. The molecule has 1 aromatic heterocycles. The largest absolute Gasteiger partial charge is 0.497 e. The Balaban J connectivity index is 1.38. The zero-order chi connectivity index (χ0) is 23.3. The summed E-state index contributed by atoms with van der Waals surface area (Å²) in [7, 11) is 1.69. The molecule has 7 heteroatoms. The number of nitrogens with zero attached hydrogens (tertiary/aromatic N) is 6. The molecular formula is C27H36N6O. The molecule has 1 aliphatic heterocycles. The predicted molar refractivity (Wildman–Crippen MR) is 133 cm³/mol. The Morgan fingerprint density at radius 2 is 1.62 bits per heavy atom. The standard InChI is InChI=1S/C27H36N6O/c1-21-8-12-23(13-9-21)26(32-18-16-31(17-19-32)24-6-4-3-5-7-24)27-28-29-30-33(27)20-22-10-14-25(34-2)15-11-22/h8-15,24,26H,3-7,16-20H2,1-2H3/t26-/m0/s1. The van der Waals surface area contributed by atoms with Gasteiger partial charge < -0.3 is 4.74 Å². The van der Waals surface area contributed by atoms with E-state index < -0.39 is 0 Å². The van der Waals surface area contributed by atoms with Crippen LogP contribution in [-0.4, -0.2) is 69.3 Å². The van der Waals surface area contributed by atoms with Crippen molar-refractivity contribution in [3.05, 3.63) is 71.0 Å². The van der Waals surface area contributed by atoms with Gasteiger partial charge in [-0.25, -0.2) is 4.68 Å². The SMILES string of the molecule is COc1ccc(Cn2nnnc2[C@H](c2ccc(C)cc2)N2CCN(C3CCCCC3)CC2)cc1. The highest BCUT2D eigenvalue weighted by molar-refractivity contribution is 5.30. The van der Waals surface area contributed by atoms with Gasteiger partial charge in [0.05, 0.1) is 19.7 Å². The fourth-order valence-electron chi connectivity index (χ4n) is 5.50. The summed E-state index contributed by atoms with van der Waals surface area (Å²) >= 11 is 0. The van der Waals surface area contributed by atoms with Crippen LogP contribution in [-0.2, 0) is 6.54 Å². The van der Waals surface area contributed by atoms with Crippen LogP contribution in [0, 0.1) is 6.92 Å². The molecule has 7 nitrogen and oxygen atoms in total. The van der Waals surface area contributed by atoms with Crippen LogP contribution in [0.2, 0.25) is 0 Å². The highest BCUT2D eigenvalue weighted by Crippen LogP contribution is 2.30. The van der Waals surface area contributed by atoms with E-state index in [4.69, 9.17) is 4.74 Å². The third kappa shape index (κ3) is 5.15. The van der Waals surface area contributed by atoms with Crippen LogP contribution in [0.3, 0.4) is 0 Å². The van der Waals surface area contributed by atoms with E-state index in [2.05, 4.69) is 68.6 Å². The minimum Gasteiger partial charge on any atom is -0.497 e. The molecule has 0 amide bonds. The number of aromatic nitrogens is 4. The summed E-state index contributed by atoms with van der Waals surface area (Å²) in [6.07, 6.45) is 6.90. The van der Waals surface area contributed by atoms with Crippen LogP contribution >= 0.6 is 0 Å². The molecule has 1 saturated heterocycles. The van der Waals surface area contributed by atoms with Gasteiger partial charge >= 0.3 is 0 Å². The molecule has 0 N–H and O–H groups in total. The number of hydrogen-bond donors (Lipinski definition) is 0. The van der Waals surface area contributed by atoms with E-state index >= 15 is 0 Å². The van der Waals surface area contributed by atoms with Gasteiger partial charge in [0.2, 0.25) is 0 Å². The van der Waals surface area contributed by atoms with Crippen molar-refractivity contribution >= 4 is 0 Å². The Morgan fingerprint density at radius 3 is 2.29 bits per heavy atom. The Kier molecular flexibility index (Phi) is 7.21. The van der Waals surface area contributed by atoms with Crippen molar-refractivity contribution in [2.75, 3.05) is 33.3 Å². The van der Waals surface area contributed by atoms with E-state index in [0.717, 1.165) is 49.4 Å². The Labute approximate surface area is 202 Å². The van der Waals surface area contributed by atoms with Gasteiger partial charge in [0.15, 0.2) is 5.82 Å². The van der Waals surface area contributed by atoms with E-state index in [1.54, 1.807) is 7.11 Å². The minimum atomic E-state index is 0.0438. The molecule has 34 heavy (non-hydrogen) atoms. The number of methoxy groups -OCH3 is 1. The summed E-state index contributed by atoms with van der Waals surface area (Å²) in [4.78, 5) is 5.29. The molecule has 0 radical (unpaired) electrons. The molecule has 1 aliphatic carbocycles. The van der Waals surface area contributed by atoms with Crippen LogP contribution in [0.25, 0.3) is 0 Å². The van der Waals surface area contributed by atoms with E-state index in [1.165, 1.54) is 43.2 Å². The smallest absolute Gasteiger partial charge is 0.173 e. The van der Waals surface area contributed by atoms with Crippen LogP contribution < -0.4 is 4.74 Å². The van der Waals surface area contributed by atoms with Crippen molar-refractivity contribution in [3.63, 3.8) is 0 Å². The van der Waals surface area contributed by atoms with E-state index in [1.807, 2.05) is 16.8 Å². The van der Waals surface area contributed by atoms with Crippen molar-refractivity contribution in [1.29, 1.82) is 0 Å². The van der Waals surface area contributed by atoms with Gasteiger partial charge in [-0.2, -0.15) is 0 Å². The number of ether oxygens (including phenoxy) is 1. The van der Waals surface area contributed by atoms with Crippen molar-refractivity contribution in [3.8, 4) is 5.75 Å². The fourth-order valence-corrected chi connectivity index (χ4v) is 5.50. The highest BCUT2D eigenvalue weighted by Gasteiger charge is 2.32. The van der Waals surface area contributed by atoms with Crippen LogP contribution in [0.15, 0.2) is 48.5 Å². The van der Waals surface area contributed by atoms with Gasteiger partial charge in [-0.05, 0) is 53.5 Å². The van der Waals surface area contributed by atoms with Crippen LogP contribution in [0.1, 0.15) is 60.7 Å². The number of rotatable bonds is 7. The lowest BCUT2D eigenvalue weighted by atomic mass is 9.93.